The number of hydrogen-bond donors (Lipinski definition) is 0. The summed E-state index contributed by atoms with van der Waals surface area (Å²) >= 11 is 0. The summed E-state index contributed by atoms with van der Waals surface area (Å²) in [6.45, 7) is 0. The molecule has 12 aromatic rings. The van der Waals surface area contributed by atoms with Crippen molar-refractivity contribution >= 4 is 66.7 Å². The van der Waals surface area contributed by atoms with Gasteiger partial charge in [0.05, 0.1) is 22.1 Å². The Bertz CT molecular complexity index is 3460. The summed E-state index contributed by atoms with van der Waals surface area (Å²) in [4.78, 5) is 15.8. The quantitative estimate of drug-likeness (QED) is 0.143. The van der Waals surface area contributed by atoms with Crippen LogP contribution in [0.2, 0.25) is 0 Å². The molecule has 0 aliphatic carbocycles. The molecular formula is C57H38N5OP. The number of nitrogens with zero attached hydrogens (tertiary/aromatic N) is 5. The monoisotopic (exact) mass is 839 g/mol. The van der Waals surface area contributed by atoms with Crippen LogP contribution in [0.25, 0.3) is 89.2 Å². The maximum atomic E-state index is 15.6. The van der Waals surface area contributed by atoms with E-state index in [0.717, 1.165) is 60.7 Å². The Hall–Kier alpha value is -8.18. The third-order valence-corrected chi connectivity index (χ3v) is 15.3. The lowest BCUT2D eigenvalue weighted by molar-refractivity contribution is 0.592. The van der Waals surface area contributed by atoms with E-state index in [4.69, 9.17) is 15.0 Å². The summed E-state index contributed by atoms with van der Waals surface area (Å²) in [6.07, 6.45) is 0. The minimum absolute atomic E-state index is 0.485. The van der Waals surface area contributed by atoms with E-state index in [9.17, 15) is 0 Å². The number of fused-ring (bicyclic) bond motifs is 6. The van der Waals surface area contributed by atoms with Gasteiger partial charge < -0.3 is 13.7 Å². The summed E-state index contributed by atoms with van der Waals surface area (Å²) in [5, 5.41) is 7.00. The van der Waals surface area contributed by atoms with E-state index in [-0.39, 0.29) is 0 Å². The number of hydrogen-bond acceptors (Lipinski definition) is 4. The Balaban J connectivity index is 1.06. The summed E-state index contributed by atoms with van der Waals surface area (Å²) in [5.74, 6) is 1.55. The Labute approximate surface area is 369 Å². The zero-order valence-corrected chi connectivity index (χ0v) is 35.4. The van der Waals surface area contributed by atoms with Crippen molar-refractivity contribution in [3.05, 3.63) is 231 Å². The lowest BCUT2D eigenvalue weighted by Gasteiger charge is -2.20. The number of para-hydroxylation sites is 4. The predicted octanol–water partition coefficient (Wildman–Crippen LogP) is 12.7. The second-order valence-corrected chi connectivity index (χ2v) is 18.7. The van der Waals surface area contributed by atoms with Gasteiger partial charge in [-0.15, -0.1) is 0 Å². The predicted molar refractivity (Wildman–Crippen MR) is 264 cm³/mol. The molecule has 0 saturated carbocycles. The van der Waals surface area contributed by atoms with Crippen LogP contribution in [-0.2, 0) is 4.57 Å². The fraction of sp³-hybridized carbons (Fsp3) is 0. The molecule has 0 spiro atoms. The third kappa shape index (κ3) is 6.18. The van der Waals surface area contributed by atoms with Crippen LogP contribution in [0.5, 0.6) is 0 Å². The van der Waals surface area contributed by atoms with Gasteiger partial charge in [0, 0.05) is 65.5 Å². The van der Waals surface area contributed by atoms with E-state index in [1.54, 1.807) is 0 Å². The number of benzene rings is 9. The van der Waals surface area contributed by atoms with E-state index in [1.807, 2.05) is 84.9 Å². The van der Waals surface area contributed by atoms with E-state index in [2.05, 4.69) is 155 Å². The molecule has 64 heavy (non-hydrogen) atoms. The molecule has 302 valence electrons. The average molecular weight is 840 g/mol. The largest absolute Gasteiger partial charge is 0.309 e. The van der Waals surface area contributed by atoms with Crippen molar-refractivity contribution < 1.29 is 4.57 Å². The molecule has 12 rings (SSSR count). The number of aromatic nitrogens is 5. The van der Waals surface area contributed by atoms with Gasteiger partial charge in [0.2, 0.25) is 0 Å². The van der Waals surface area contributed by atoms with Crippen LogP contribution in [0, 0.1) is 0 Å². The Morgan fingerprint density at radius 3 is 1.00 bits per heavy atom. The molecule has 0 bridgehead atoms. The van der Waals surface area contributed by atoms with E-state index >= 15 is 4.57 Å². The molecule has 3 aromatic heterocycles. The van der Waals surface area contributed by atoms with Crippen molar-refractivity contribution in [1.82, 2.24) is 24.1 Å². The standard InChI is InChI=1S/C57H38N5OP/c63-64(44-23-3-1-4-24-44,45-25-5-2-6-26-45)46-27-17-20-41(38-46)57-59-55(39-18-15-21-42(36-39)61-51-32-11-7-28-47(51)48-29-8-12-33-52(48)61)58-56(60-57)40-19-16-22-43(37-40)62-53-34-13-9-30-49(53)50-31-10-14-35-54(50)62/h1-38H. The van der Waals surface area contributed by atoms with E-state index in [1.165, 1.54) is 21.5 Å². The summed E-state index contributed by atoms with van der Waals surface area (Å²) in [5.41, 5.74) is 8.93. The molecule has 0 unspecified atom stereocenters. The van der Waals surface area contributed by atoms with Gasteiger partial charge in [-0.05, 0) is 54.6 Å². The highest BCUT2D eigenvalue weighted by molar-refractivity contribution is 7.85. The summed E-state index contributed by atoms with van der Waals surface area (Å²) in [7, 11) is -3.29. The highest BCUT2D eigenvalue weighted by Crippen LogP contribution is 2.43. The van der Waals surface area contributed by atoms with Crippen LogP contribution >= 0.6 is 7.14 Å². The molecule has 0 aliphatic heterocycles. The van der Waals surface area contributed by atoms with Crippen LogP contribution in [-0.4, -0.2) is 24.1 Å². The zero-order valence-electron chi connectivity index (χ0n) is 34.5. The Morgan fingerprint density at radius 2 is 0.609 bits per heavy atom. The fourth-order valence-electron chi connectivity index (χ4n) is 9.30. The van der Waals surface area contributed by atoms with Gasteiger partial charge in [0.1, 0.15) is 0 Å². The van der Waals surface area contributed by atoms with Gasteiger partial charge in [-0.2, -0.15) is 0 Å². The fourth-order valence-corrected chi connectivity index (χ4v) is 12.0. The van der Waals surface area contributed by atoms with Gasteiger partial charge in [0.15, 0.2) is 24.6 Å². The second kappa shape index (κ2) is 15.3. The second-order valence-electron chi connectivity index (χ2n) is 16.0. The molecule has 0 saturated heterocycles. The first-order chi connectivity index (χ1) is 31.6. The maximum absolute atomic E-state index is 15.6. The minimum Gasteiger partial charge on any atom is -0.309 e. The maximum Gasteiger partial charge on any atom is 0.171 e. The molecule has 0 amide bonds. The van der Waals surface area contributed by atoms with Gasteiger partial charge >= 0.3 is 0 Å². The van der Waals surface area contributed by atoms with Gasteiger partial charge in [-0.25, -0.2) is 15.0 Å². The highest BCUT2D eigenvalue weighted by atomic mass is 31.2. The van der Waals surface area contributed by atoms with Crippen molar-refractivity contribution in [2.45, 2.75) is 0 Å². The lowest BCUT2D eigenvalue weighted by atomic mass is 10.1. The summed E-state index contributed by atoms with van der Waals surface area (Å²) in [6, 6.07) is 78.3. The van der Waals surface area contributed by atoms with Crippen molar-refractivity contribution in [3.63, 3.8) is 0 Å². The third-order valence-electron chi connectivity index (χ3n) is 12.2. The first kappa shape index (κ1) is 37.6. The number of rotatable bonds is 8. The molecule has 7 heteroatoms. The highest BCUT2D eigenvalue weighted by Gasteiger charge is 2.30. The van der Waals surface area contributed by atoms with Crippen LogP contribution in [0.15, 0.2) is 231 Å². The minimum atomic E-state index is -3.29. The van der Waals surface area contributed by atoms with Crippen molar-refractivity contribution in [2.75, 3.05) is 0 Å². The molecule has 0 fully saturated rings. The van der Waals surface area contributed by atoms with Crippen molar-refractivity contribution in [3.8, 4) is 45.5 Å². The van der Waals surface area contributed by atoms with Gasteiger partial charge in [0.25, 0.3) is 0 Å². The van der Waals surface area contributed by atoms with E-state index in [0.29, 0.717) is 22.8 Å². The van der Waals surface area contributed by atoms with Crippen LogP contribution in [0.3, 0.4) is 0 Å². The lowest BCUT2D eigenvalue weighted by Crippen LogP contribution is -2.25. The molecule has 0 aliphatic rings. The molecule has 9 aromatic carbocycles. The molecule has 3 heterocycles. The van der Waals surface area contributed by atoms with Gasteiger partial charge in [-0.1, -0.05) is 176 Å². The first-order valence-electron chi connectivity index (χ1n) is 21.4. The van der Waals surface area contributed by atoms with Crippen LogP contribution in [0.1, 0.15) is 0 Å². The van der Waals surface area contributed by atoms with Crippen LogP contribution < -0.4 is 15.9 Å². The molecule has 6 nitrogen and oxygen atoms in total. The summed E-state index contributed by atoms with van der Waals surface area (Å²) < 4.78 is 20.2. The smallest absolute Gasteiger partial charge is 0.171 e. The zero-order chi connectivity index (χ0) is 42.6. The topological polar surface area (TPSA) is 65.6 Å². The average Bonchev–Trinajstić information content (AvgIpc) is 3.90. The Kier molecular flexibility index (Phi) is 8.99. The van der Waals surface area contributed by atoms with Crippen molar-refractivity contribution in [2.24, 2.45) is 0 Å². The molecule has 0 atom stereocenters. The van der Waals surface area contributed by atoms with Gasteiger partial charge in [-0.3, -0.25) is 0 Å². The molecule has 0 N–H and O–H groups in total. The first-order valence-corrected chi connectivity index (χ1v) is 23.1. The van der Waals surface area contributed by atoms with E-state index < -0.39 is 7.14 Å². The Morgan fingerprint density at radius 1 is 0.297 bits per heavy atom. The molecule has 0 radical (unpaired) electrons. The SMILES string of the molecule is O=P(c1ccccc1)(c1ccccc1)c1cccc(-c2nc(-c3cccc(-n4c5ccccc5c5ccccc54)c3)nc(-c3cccc(-n4c5ccccc5c5ccccc54)c3)n2)c1. The normalized spacial score (nSPS) is 11.8. The van der Waals surface area contributed by atoms with Crippen LogP contribution in [0.4, 0.5) is 0 Å². The van der Waals surface area contributed by atoms with Crippen molar-refractivity contribution in [1.29, 1.82) is 0 Å². The molecular weight excluding hydrogens is 802 g/mol.